The van der Waals surface area contributed by atoms with Gasteiger partial charge in [0.2, 0.25) is 0 Å². The van der Waals surface area contributed by atoms with Crippen LogP contribution in [-0.4, -0.2) is 62.8 Å². The monoisotopic (exact) mass is 247 g/mol. The van der Waals surface area contributed by atoms with E-state index in [1.165, 1.54) is 0 Å². The van der Waals surface area contributed by atoms with Gasteiger partial charge in [0.25, 0.3) is 0 Å². The molecule has 0 amide bonds. The van der Waals surface area contributed by atoms with Crippen LogP contribution in [0.3, 0.4) is 0 Å². The van der Waals surface area contributed by atoms with Crippen molar-refractivity contribution in [1.29, 1.82) is 0 Å². The summed E-state index contributed by atoms with van der Waals surface area (Å²) in [5, 5.41) is 12.6. The van der Waals surface area contributed by atoms with Crippen molar-refractivity contribution in [2.75, 3.05) is 39.5 Å². The van der Waals surface area contributed by atoms with Crippen molar-refractivity contribution in [2.24, 2.45) is 0 Å². The van der Waals surface area contributed by atoms with Gasteiger partial charge in [-0.3, -0.25) is 4.79 Å². The van der Waals surface area contributed by atoms with E-state index < -0.39 is 6.10 Å². The Balaban J connectivity index is 2.02. The van der Waals surface area contributed by atoms with Crippen LogP contribution in [0.15, 0.2) is 0 Å². The summed E-state index contributed by atoms with van der Waals surface area (Å²) in [5.41, 5.74) is 0. The third-order valence-electron chi connectivity index (χ3n) is 2.34. The first-order valence-electron chi connectivity index (χ1n) is 5.96. The molecule has 0 spiro atoms. The summed E-state index contributed by atoms with van der Waals surface area (Å²) in [6, 6.07) is 0. The summed E-state index contributed by atoms with van der Waals surface area (Å²) >= 11 is 0. The fraction of sp³-hybridized carbons (Fsp3) is 0.909. The van der Waals surface area contributed by atoms with E-state index in [9.17, 15) is 9.90 Å². The smallest absolute Gasteiger partial charge is 0.308 e. The Labute approximate surface area is 101 Å². The highest BCUT2D eigenvalue weighted by Gasteiger charge is 2.15. The summed E-state index contributed by atoms with van der Waals surface area (Å²) in [5.74, 6) is -0.376. The molecule has 0 aromatic heterocycles. The number of hydrogen-bond acceptors (Lipinski definition) is 6. The molecule has 2 N–H and O–H groups in total. The topological polar surface area (TPSA) is 77.0 Å². The molecule has 6 nitrogen and oxygen atoms in total. The average molecular weight is 247 g/mol. The summed E-state index contributed by atoms with van der Waals surface area (Å²) in [6.07, 6.45) is -0.680. The summed E-state index contributed by atoms with van der Waals surface area (Å²) in [7, 11) is 0. The molecule has 1 heterocycles. The van der Waals surface area contributed by atoms with Gasteiger partial charge in [0.1, 0.15) is 0 Å². The minimum Gasteiger partial charge on any atom is -0.466 e. The quantitative estimate of drug-likeness (QED) is 0.580. The van der Waals surface area contributed by atoms with Crippen LogP contribution in [-0.2, 0) is 19.0 Å². The summed E-state index contributed by atoms with van der Waals surface area (Å²) in [6.45, 7) is 4.86. The van der Waals surface area contributed by atoms with Crippen molar-refractivity contribution >= 4 is 5.97 Å². The van der Waals surface area contributed by atoms with Crippen LogP contribution in [0.4, 0.5) is 0 Å². The summed E-state index contributed by atoms with van der Waals surface area (Å²) < 4.78 is 15.4. The molecule has 1 saturated heterocycles. The van der Waals surface area contributed by atoms with Gasteiger partial charge in [-0.15, -0.1) is 0 Å². The molecule has 100 valence electrons. The SMILES string of the molecule is CCOC(=O)CC(O)CNCC1COCCO1. The van der Waals surface area contributed by atoms with Crippen LogP contribution in [0.1, 0.15) is 13.3 Å². The number of hydrogen-bond donors (Lipinski definition) is 2. The molecule has 1 aliphatic rings. The minimum absolute atomic E-state index is 0.0167. The number of carbonyl (C=O) groups is 1. The number of aliphatic hydroxyl groups is 1. The molecule has 0 bridgehead atoms. The van der Waals surface area contributed by atoms with Crippen molar-refractivity contribution < 1.29 is 24.1 Å². The van der Waals surface area contributed by atoms with E-state index in [-0.39, 0.29) is 18.5 Å². The highest BCUT2D eigenvalue weighted by Crippen LogP contribution is 1.99. The zero-order valence-electron chi connectivity index (χ0n) is 10.2. The third-order valence-corrected chi connectivity index (χ3v) is 2.34. The van der Waals surface area contributed by atoms with Crippen LogP contribution in [0.2, 0.25) is 0 Å². The van der Waals surface area contributed by atoms with Crippen LogP contribution in [0.25, 0.3) is 0 Å². The number of aliphatic hydroxyl groups excluding tert-OH is 1. The second kappa shape index (κ2) is 8.41. The van der Waals surface area contributed by atoms with E-state index in [0.29, 0.717) is 39.5 Å². The zero-order chi connectivity index (χ0) is 12.5. The molecule has 1 rings (SSSR count). The molecule has 2 atom stereocenters. The van der Waals surface area contributed by atoms with Gasteiger partial charge >= 0.3 is 5.97 Å². The first kappa shape index (κ1) is 14.4. The van der Waals surface area contributed by atoms with Gasteiger partial charge in [0.05, 0.1) is 45.1 Å². The van der Waals surface area contributed by atoms with Gasteiger partial charge in [-0.2, -0.15) is 0 Å². The molecular weight excluding hydrogens is 226 g/mol. The van der Waals surface area contributed by atoms with Crippen LogP contribution >= 0.6 is 0 Å². The Kier molecular flexibility index (Phi) is 7.11. The Hall–Kier alpha value is -0.690. The van der Waals surface area contributed by atoms with Crippen molar-refractivity contribution in [2.45, 2.75) is 25.6 Å². The van der Waals surface area contributed by atoms with E-state index in [1.807, 2.05) is 0 Å². The van der Waals surface area contributed by atoms with E-state index in [0.717, 1.165) is 0 Å². The maximum atomic E-state index is 11.1. The van der Waals surface area contributed by atoms with Crippen LogP contribution in [0, 0.1) is 0 Å². The van der Waals surface area contributed by atoms with E-state index in [2.05, 4.69) is 5.32 Å². The van der Waals surface area contributed by atoms with Gasteiger partial charge in [0.15, 0.2) is 0 Å². The molecular formula is C11H21NO5. The molecule has 0 aliphatic carbocycles. The maximum Gasteiger partial charge on any atom is 0.308 e. The van der Waals surface area contributed by atoms with Gasteiger partial charge in [-0.25, -0.2) is 0 Å². The maximum absolute atomic E-state index is 11.1. The fourth-order valence-electron chi connectivity index (χ4n) is 1.55. The van der Waals surface area contributed by atoms with E-state index >= 15 is 0 Å². The second-order valence-corrected chi connectivity index (χ2v) is 3.89. The van der Waals surface area contributed by atoms with E-state index in [4.69, 9.17) is 14.2 Å². The van der Waals surface area contributed by atoms with E-state index in [1.54, 1.807) is 6.92 Å². The Morgan fingerprint density at radius 3 is 3.06 bits per heavy atom. The molecule has 1 fully saturated rings. The number of nitrogens with one attached hydrogen (secondary N) is 1. The van der Waals surface area contributed by atoms with Crippen molar-refractivity contribution in [1.82, 2.24) is 5.32 Å². The minimum atomic E-state index is -0.724. The molecule has 1 aliphatic heterocycles. The first-order valence-corrected chi connectivity index (χ1v) is 5.96. The number of ether oxygens (including phenoxy) is 3. The highest BCUT2D eigenvalue weighted by atomic mass is 16.6. The lowest BCUT2D eigenvalue weighted by molar-refractivity contribution is -0.145. The lowest BCUT2D eigenvalue weighted by Crippen LogP contribution is -2.40. The third kappa shape index (κ3) is 6.58. The normalized spacial score (nSPS) is 22.1. The zero-order valence-corrected chi connectivity index (χ0v) is 10.2. The molecule has 0 aromatic carbocycles. The van der Waals surface area contributed by atoms with Crippen molar-refractivity contribution in [3.63, 3.8) is 0 Å². The highest BCUT2D eigenvalue weighted by molar-refractivity contribution is 5.69. The Bertz CT molecular complexity index is 218. The molecule has 17 heavy (non-hydrogen) atoms. The predicted molar refractivity (Wildman–Crippen MR) is 60.7 cm³/mol. The molecule has 0 saturated carbocycles. The Morgan fingerprint density at radius 1 is 1.59 bits per heavy atom. The summed E-state index contributed by atoms with van der Waals surface area (Å²) in [4.78, 5) is 11.1. The molecule has 0 radical (unpaired) electrons. The van der Waals surface area contributed by atoms with Gasteiger partial charge in [-0.05, 0) is 6.92 Å². The first-order chi connectivity index (χ1) is 8.22. The Morgan fingerprint density at radius 2 is 2.41 bits per heavy atom. The standard InChI is InChI=1S/C11H21NO5/c1-2-16-11(14)5-9(13)6-12-7-10-8-15-3-4-17-10/h9-10,12-13H,2-8H2,1H3. The van der Waals surface area contributed by atoms with Crippen LogP contribution in [0.5, 0.6) is 0 Å². The fourth-order valence-corrected chi connectivity index (χ4v) is 1.55. The number of rotatable bonds is 7. The predicted octanol–water partition coefficient (Wildman–Crippen LogP) is -0.694. The lowest BCUT2D eigenvalue weighted by atomic mass is 10.2. The second-order valence-electron chi connectivity index (χ2n) is 3.89. The van der Waals surface area contributed by atoms with Gasteiger partial charge < -0.3 is 24.6 Å². The molecule has 2 unspecified atom stereocenters. The van der Waals surface area contributed by atoms with Gasteiger partial charge in [0, 0.05) is 13.1 Å². The molecule has 6 heteroatoms. The number of carbonyl (C=O) groups excluding carboxylic acids is 1. The average Bonchev–Trinajstić information content (AvgIpc) is 2.30. The largest absolute Gasteiger partial charge is 0.466 e. The van der Waals surface area contributed by atoms with Gasteiger partial charge in [-0.1, -0.05) is 0 Å². The number of esters is 1. The lowest BCUT2D eigenvalue weighted by Gasteiger charge is -2.23. The van der Waals surface area contributed by atoms with Crippen molar-refractivity contribution in [3.8, 4) is 0 Å². The van der Waals surface area contributed by atoms with Crippen LogP contribution < -0.4 is 5.32 Å². The molecule has 0 aromatic rings. The van der Waals surface area contributed by atoms with Crippen molar-refractivity contribution in [3.05, 3.63) is 0 Å².